The van der Waals surface area contributed by atoms with Gasteiger partial charge in [0.05, 0.1) is 33.5 Å². The van der Waals surface area contributed by atoms with Crippen molar-refractivity contribution in [2.24, 2.45) is 0 Å². The Kier molecular flexibility index (Phi) is 6.99. The average molecular weight is 594 g/mol. The SMILES string of the molecule is O=C(O)c1cc(F)c2nc(N3CCC(F)(COCc4c(-c5c(Cl)cccc5Cl)noc4C4CC4)CC3)sc2c1. The predicted molar refractivity (Wildman–Crippen MR) is 145 cm³/mol. The standard InChI is InChI=1S/C27H23Cl2F2N3O4S/c28-17-2-1-3-18(29)21(17)22-16(24(38-33-22)14-4-5-14)12-37-13-27(31)6-8-34(9-7-27)26-32-23-19(30)10-15(25(35)36)11-20(23)39-26/h1-3,10-11,14H,4-9,12-13H2,(H,35,36). The van der Waals surface area contributed by atoms with Crippen LogP contribution in [-0.2, 0) is 11.3 Å². The van der Waals surface area contributed by atoms with E-state index in [1.165, 1.54) is 17.4 Å². The molecular formula is C27H23Cl2F2N3O4S. The second-order valence-corrected chi connectivity index (χ2v) is 11.8. The Labute approximate surface area is 236 Å². The van der Waals surface area contributed by atoms with Gasteiger partial charge in [-0.3, -0.25) is 0 Å². The molecule has 0 unspecified atom stereocenters. The number of carbonyl (C=O) groups is 1. The largest absolute Gasteiger partial charge is 0.478 e. The molecule has 0 amide bonds. The Hall–Kier alpha value is -2.79. The molecule has 0 radical (unpaired) electrons. The van der Waals surface area contributed by atoms with Gasteiger partial charge in [0.15, 0.2) is 10.9 Å². The van der Waals surface area contributed by atoms with Gasteiger partial charge in [0.1, 0.15) is 22.6 Å². The van der Waals surface area contributed by atoms with Crippen molar-refractivity contribution in [3.05, 3.63) is 63.1 Å². The molecular weight excluding hydrogens is 571 g/mol. The molecule has 2 fully saturated rings. The van der Waals surface area contributed by atoms with Crippen LogP contribution in [0.3, 0.4) is 0 Å². The number of carboxylic acids is 1. The number of hydrogen-bond donors (Lipinski definition) is 1. The van der Waals surface area contributed by atoms with Crippen molar-refractivity contribution < 1.29 is 27.9 Å². The summed E-state index contributed by atoms with van der Waals surface area (Å²) >= 11 is 14.0. The zero-order valence-electron chi connectivity index (χ0n) is 20.6. The molecule has 3 heterocycles. The number of nitrogens with zero attached hydrogens (tertiary/aromatic N) is 3. The van der Waals surface area contributed by atoms with Gasteiger partial charge in [-0.2, -0.15) is 0 Å². The van der Waals surface area contributed by atoms with E-state index in [-0.39, 0.29) is 43.1 Å². The van der Waals surface area contributed by atoms with Crippen LogP contribution in [0.25, 0.3) is 21.5 Å². The number of piperidine rings is 1. The second-order valence-electron chi connectivity index (χ2n) is 9.98. The van der Waals surface area contributed by atoms with E-state index in [9.17, 15) is 14.3 Å². The molecule has 39 heavy (non-hydrogen) atoms. The molecule has 1 saturated carbocycles. The van der Waals surface area contributed by atoms with Crippen LogP contribution in [0.4, 0.5) is 13.9 Å². The van der Waals surface area contributed by atoms with Gasteiger partial charge in [-0.15, -0.1) is 0 Å². The fraction of sp³-hybridized carbons (Fsp3) is 0.370. The van der Waals surface area contributed by atoms with Crippen LogP contribution in [0.2, 0.25) is 10.0 Å². The Morgan fingerprint density at radius 1 is 1.23 bits per heavy atom. The number of aromatic carboxylic acids is 1. The molecule has 12 heteroatoms. The minimum absolute atomic E-state index is 0.109. The molecule has 1 N–H and O–H groups in total. The third-order valence-electron chi connectivity index (χ3n) is 7.19. The lowest BCUT2D eigenvalue weighted by molar-refractivity contribution is -0.00757. The molecule has 1 aliphatic carbocycles. The fourth-order valence-corrected chi connectivity index (χ4v) is 6.51. The first-order valence-electron chi connectivity index (χ1n) is 12.5. The minimum atomic E-state index is -1.55. The van der Waals surface area contributed by atoms with Gasteiger partial charge in [0, 0.05) is 43.0 Å². The van der Waals surface area contributed by atoms with Crippen molar-refractivity contribution in [1.82, 2.24) is 10.1 Å². The maximum Gasteiger partial charge on any atom is 0.335 e. The summed E-state index contributed by atoms with van der Waals surface area (Å²) in [6.45, 7) is 0.745. The Morgan fingerprint density at radius 3 is 2.62 bits per heavy atom. The Balaban J connectivity index is 1.13. The quantitative estimate of drug-likeness (QED) is 0.226. The summed E-state index contributed by atoms with van der Waals surface area (Å²) < 4.78 is 42.2. The molecule has 1 saturated heterocycles. The lowest BCUT2D eigenvalue weighted by Gasteiger charge is -2.36. The maximum absolute atomic E-state index is 15.7. The average Bonchev–Trinajstić information content (AvgIpc) is 3.51. The predicted octanol–water partition coefficient (Wildman–Crippen LogP) is 7.50. The number of alkyl halides is 1. The number of anilines is 1. The van der Waals surface area contributed by atoms with E-state index in [1.54, 1.807) is 18.2 Å². The van der Waals surface area contributed by atoms with E-state index in [0.29, 0.717) is 44.2 Å². The van der Waals surface area contributed by atoms with E-state index < -0.39 is 17.5 Å². The molecule has 0 bridgehead atoms. The fourth-order valence-electron chi connectivity index (χ4n) is 4.86. The molecule has 7 nitrogen and oxygen atoms in total. The summed E-state index contributed by atoms with van der Waals surface area (Å²) in [5, 5.41) is 14.9. The number of rotatable bonds is 8. The van der Waals surface area contributed by atoms with Crippen molar-refractivity contribution in [3.8, 4) is 11.3 Å². The van der Waals surface area contributed by atoms with Gasteiger partial charge >= 0.3 is 5.97 Å². The van der Waals surface area contributed by atoms with Crippen LogP contribution in [-0.4, -0.2) is 46.6 Å². The number of fused-ring (bicyclic) bond motifs is 1. The Bertz CT molecular complexity index is 1540. The van der Waals surface area contributed by atoms with E-state index in [4.69, 9.17) is 32.5 Å². The summed E-state index contributed by atoms with van der Waals surface area (Å²) in [4.78, 5) is 17.5. The third kappa shape index (κ3) is 5.23. The van der Waals surface area contributed by atoms with Crippen molar-refractivity contribution >= 4 is 55.9 Å². The monoisotopic (exact) mass is 593 g/mol. The lowest BCUT2D eigenvalue weighted by Crippen LogP contribution is -2.44. The number of halogens is 4. The van der Waals surface area contributed by atoms with Gasteiger partial charge in [-0.25, -0.2) is 18.6 Å². The summed E-state index contributed by atoms with van der Waals surface area (Å²) in [6, 6.07) is 7.58. The molecule has 2 aliphatic rings. The van der Waals surface area contributed by atoms with Gasteiger partial charge in [-0.05, 0) is 37.1 Å². The highest BCUT2D eigenvalue weighted by molar-refractivity contribution is 7.22. The number of aromatic nitrogens is 2. The summed E-state index contributed by atoms with van der Waals surface area (Å²) in [5.74, 6) is -0.894. The van der Waals surface area contributed by atoms with E-state index in [2.05, 4.69) is 10.1 Å². The molecule has 2 aromatic heterocycles. The molecule has 0 spiro atoms. The van der Waals surface area contributed by atoms with Crippen LogP contribution < -0.4 is 4.90 Å². The number of hydrogen-bond acceptors (Lipinski definition) is 7. The van der Waals surface area contributed by atoms with Crippen molar-refractivity contribution in [2.45, 2.75) is 43.9 Å². The topological polar surface area (TPSA) is 88.7 Å². The Morgan fingerprint density at radius 2 is 1.95 bits per heavy atom. The lowest BCUT2D eigenvalue weighted by atomic mass is 9.94. The van der Waals surface area contributed by atoms with E-state index >= 15 is 4.39 Å². The summed E-state index contributed by atoms with van der Waals surface area (Å²) in [6.07, 6.45) is 2.39. The van der Waals surface area contributed by atoms with E-state index in [0.717, 1.165) is 30.2 Å². The first-order valence-corrected chi connectivity index (χ1v) is 14.1. The maximum atomic E-state index is 15.7. The van der Waals surface area contributed by atoms with Crippen LogP contribution in [0, 0.1) is 5.82 Å². The molecule has 2 aromatic carbocycles. The number of thiazole rings is 1. The molecule has 6 rings (SSSR count). The first-order chi connectivity index (χ1) is 18.7. The molecule has 4 aromatic rings. The van der Waals surface area contributed by atoms with Gasteiger partial charge in [0.2, 0.25) is 0 Å². The molecule has 0 atom stereocenters. The van der Waals surface area contributed by atoms with Crippen molar-refractivity contribution in [3.63, 3.8) is 0 Å². The normalized spacial score (nSPS) is 17.2. The zero-order valence-corrected chi connectivity index (χ0v) is 22.9. The van der Waals surface area contributed by atoms with Crippen molar-refractivity contribution in [1.29, 1.82) is 0 Å². The van der Waals surface area contributed by atoms with Gasteiger partial charge < -0.3 is 19.3 Å². The van der Waals surface area contributed by atoms with Crippen LogP contribution in [0.1, 0.15) is 53.3 Å². The molecule has 204 valence electrons. The second kappa shape index (κ2) is 10.3. The highest BCUT2D eigenvalue weighted by Gasteiger charge is 2.37. The number of benzene rings is 2. The van der Waals surface area contributed by atoms with Crippen LogP contribution >= 0.6 is 34.5 Å². The summed E-state index contributed by atoms with van der Waals surface area (Å²) in [5.41, 5.74) is 0.270. The van der Waals surface area contributed by atoms with Crippen molar-refractivity contribution in [2.75, 3.05) is 24.6 Å². The van der Waals surface area contributed by atoms with Gasteiger partial charge in [-0.1, -0.05) is 45.8 Å². The zero-order chi connectivity index (χ0) is 27.3. The summed E-state index contributed by atoms with van der Waals surface area (Å²) in [7, 11) is 0. The highest BCUT2D eigenvalue weighted by atomic mass is 35.5. The van der Waals surface area contributed by atoms with Gasteiger partial charge in [0.25, 0.3) is 0 Å². The smallest absolute Gasteiger partial charge is 0.335 e. The minimum Gasteiger partial charge on any atom is -0.478 e. The van der Waals surface area contributed by atoms with Crippen LogP contribution in [0.15, 0.2) is 34.9 Å². The number of carboxylic acid groups (broad SMARTS) is 1. The molecule has 1 aliphatic heterocycles. The highest BCUT2D eigenvalue weighted by Crippen LogP contribution is 2.46. The van der Waals surface area contributed by atoms with E-state index in [1.807, 2.05) is 4.90 Å². The third-order valence-corrected chi connectivity index (χ3v) is 8.88. The van der Waals surface area contributed by atoms with Crippen LogP contribution in [0.5, 0.6) is 0 Å². The first kappa shape index (κ1) is 26.4. The number of ether oxygens (including phenoxy) is 1.